The van der Waals surface area contributed by atoms with Crippen LogP contribution in [0.15, 0.2) is 58.4 Å². The van der Waals surface area contributed by atoms with Gasteiger partial charge in [0.05, 0.1) is 17.3 Å². The van der Waals surface area contributed by atoms with E-state index in [1.54, 1.807) is 48.6 Å². The summed E-state index contributed by atoms with van der Waals surface area (Å²) in [6, 6.07) is 9.29. The van der Waals surface area contributed by atoms with Gasteiger partial charge in [0, 0.05) is 29.9 Å². The Labute approximate surface area is 219 Å². The van der Waals surface area contributed by atoms with Crippen molar-refractivity contribution in [1.29, 1.82) is 0 Å². The van der Waals surface area contributed by atoms with Crippen molar-refractivity contribution in [1.82, 2.24) is 14.8 Å². The Hall–Kier alpha value is -4.35. The number of pyridine rings is 1. The Morgan fingerprint density at radius 2 is 1.92 bits per heavy atom. The summed E-state index contributed by atoms with van der Waals surface area (Å²) in [6.07, 6.45) is -1.49. The lowest BCUT2D eigenvalue weighted by Crippen LogP contribution is -2.27. The molecule has 3 heterocycles. The van der Waals surface area contributed by atoms with Crippen LogP contribution in [0.3, 0.4) is 0 Å². The van der Waals surface area contributed by atoms with Crippen LogP contribution in [0.5, 0.6) is 11.5 Å². The first-order valence-corrected chi connectivity index (χ1v) is 12.3. The Morgan fingerprint density at radius 1 is 1.13 bits per heavy atom. The number of nitrogens with one attached hydrogen (secondary N) is 2. The van der Waals surface area contributed by atoms with Gasteiger partial charge < -0.3 is 19.4 Å². The Bertz CT molecular complexity index is 1650. The van der Waals surface area contributed by atoms with Gasteiger partial charge in [0.2, 0.25) is 0 Å². The van der Waals surface area contributed by atoms with Gasteiger partial charge in [-0.3, -0.25) is 9.59 Å². The molecule has 0 fully saturated rings. The fourth-order valence-electron chi connectivity index (χ4n) is 4.67. The number of H-pyrrole nitrogens is 1. The molecule has 1 aliphatic rings. The van der Waals surface area contributed by atoms with Crippen LogP contribution in [0.2, 0.25) is 0 Å². The molecule has 1 aliphatic heterocycles. The number of aryl methyl sites for hydroxylation is 1. The van der Waals surface area contributed by atoms with Crippen LogP contribution in [0.1, 0.15) is 25.3 Å². The number of aromatic nitrogens is 3. The predicted octanol–water partition coefficient (Wildman–Crippen LogP) is 4.96. The molecule has 2 aromatic carbocycles. The maximum Gasteiger partial charge on any atom is 0.423 e. The van der Waals surface area contributed by atoms with Gasteiger partial charge in [0.15, 0.2) is 11.5 Å². The van der Waals surface area contributed by atoms with Crippen LogP contribution in [-0.2, 0) is 12.7 Å². The van der Waals surface area contributed by atoms with Crippen molar-refractivity contribution < 1.29 is 27.0 Å². The van der Waals surface area contributed by atoms with Gasteiger partial charge >= 0.3 is 6.18 Å². The maximum absolute atomic E-state index is 15.2. The zero-order valence-electron chi connectivity index (χ0n) is 20.8. The molecule has 0 amide bonds. The summed E-state index contributed by atoms with van der Waals surface area (Å²) >= 11 is 0. The first-order chi connectivity index (χ1) is 18.6. The van der Waals surface area contributed by atoms with Crippen LogP contribution in [0.25, 0.3) is 21.9 Å². The lowest BCUT2D eigenvalue weighted by atomic mass is 10.00. The fourth-order valence-corrected chi connectivity index (χ4v) is 4.67. The first-order valence-electron chi connectivity index (χ1n) is 12.3. The van der Waals surface area contributed by atoms with Crippen molar-refractivity contribution in [2.75, 3.05) is 18.5 Å². The summed E-state index contributed by atoms with van der Waals surface area (Å²) in [4.78, 5) is 24.7. The summed E-state index contributed by atoms with van der Waals surface area (Å²) in [6.45, 7) is 2.69. The van der Waals surface area contributed by atoms with E-state index in [1.165, 1.54) is 10.6 Å². The van der Waals surface area contributed by atoms with Crippen molar-refractivity contribution >= 4 is 16.5 Å². The molecule has 2 aromatic heterocycles. The minimum absolute atomic E-state index is 0.205. The number of rotatable bonds is 7. The van der Waals surface area contributed by atoms with E-state index in [1.807, 2.05) is 0 Å². The lowest BCUT2D eigenvalue weighted by Gasteiger charge is -2.21. The van der Waals surface area contributed by atoms with Crippen LogP contribution < -0.4 is 25.9 Å². The van der Waals surface area contributed by atoms with Gasteiger partial charge in [-0.25, -0.2) is 9.49 Å². The summed E-state index contributed by atoms with van der Waals surface area (Å²) in [5.74, 6) is 0.406. The van der Waals surface area contributed by atoms with E-state index in [-0.39, 0.29) is 23.1 Å². The quantitative estimate of drug-likeness (QED) is 0.319. The molecule has 12 heteroatoms. The van der Waals surface area contributed by atoms with Crippen molar-refractivity contribution in [3.63, 3.8) is 0 Å². The van der Waals surface area contributed by atoms with Crippen molar-refractivity contribution in [2.24, 2.45) is 0 Å². The van der Waals surface area contributed by atoms with E-state index in [4.69, 9.17) is 9.47 Å². The third-order valence-electron chi connectivity index (χ3n) is 6.50. The molecule has 0 unspecified atom stereocenters. The molecule has 0 saturated heterocycles. The highest BCUT2D eigenvalue weighted by molar-refractivity contribution is 5.88. The van der Waals surface area contributed by atoms with E-state index >= 15 is 4.39 Å². The first kappa shape index (κ1) is 26.3. The zero-order valence-corrected chi connectivity index (χ0v) is 20.8. The predicted molar refractivity (Wildman–Crippen MR) is 137 cm³/mol. The minimum atomic E-state index is -4.84. The number of halogens is 4. The van der Waals surface area contributed by atoms with Gasteiger partial charge in [0.1, 0.15) is 24.6 Å². The molecule has 5 rings (SSSR count). The third-order valence-corrected chi connectivity index (χ3v) is 6.50. The molecule has 0 radical (unpaired) electrons. The molecule has 4 aromatic rings. The number of hydrogen-bond donors (Lipinski definition) is 2. The van der Waals surface area contributed by atoms with Crippen molar-refractivity contribution in [3.8, 4) is 22.6 Å². The second kappa shape index (κ2) is 10.4. The zero-order chi connectivity index (χ0) is 27.7. The molecule has 1 atom stereocenters. The number of hydrogen-bond acceptors (Lipinski definition) is 6. The van der Waals surface area contributed by atoms with Crippen LogP contribution in [0, 0.1) is 5.82 Å². The van der Waals surface area contributed by atoms with E-state index in [0.717, 1.165) is 6.20 Å². The summed E-state index contributed by atoms with van der Waals surface area (Å²) in [5.41, 5.74) is -2.65. The van der Waals surface area contributed by atoms with Crippen LogP contribution >= 0.6 is 0 Å². The summed E-state index contributed by atoms with van der Waals surface area (Å²) in [7, 11) is 0. The van der Waals surface area contributed by atoms with Crippen LogP contribution in [-0.4, -0.2) is 34.0 Å². The van der Waals surface area contributed by atoms with Gasteiger partial charge in [-0.15, -0.1) is 0 Å². The smallest absolute Gasteiger partial charge is 0.423 e. The molecule has 8 nitrogen and oxygen atoms in total. The largest absolute Gasteiger partial charge is 0.486 e. The molecule has 0 saturated carbocycles. The summed E-state index contributed by atoms with van der Waals surface area (Å²) in [5, 5.41) is 8.68. The maximum atomic E-state index is 15.2. The number of para-hydroxylation sites is 1. The monoisotopic (exact) mass is 544 g/mol. The minimum Gasteiger partial charge on any atom is -0.486 e. The Morgan fingerprint density at radius 3 is 2.72 bits per heavy atom. The molecular formula is C27H24F4N4O4. The third kappa shape index (κ3) is 5.31. The number of benzene rings is 2. The van der Waals surface area contributed by atoms with Gasteiger partial charge in [-0.1, -0.05) is 12.1 Å². The van der Waals surface area contributed by atoms with Crippen LogP contribution in [0.4, 0.5) is 23.2 Å². The van der Waals surface area contributed by atoms with E-state index in [2.05, 4.69) is 10.4 Å². The number of fused-ring (bicyclic) bond motifs is 2. The standard InChI is InChI=1S/C27H24F4N4O4/c1-15(33-21-14-32-34-25(36)23(21)27(29,30)31)4-3-8-35-9-7-16-12-19(20(28)13-18(16)26(35)37)17-5-2-6-22-24(17)39-11-10-38-22/h2,5-7,9,12-15H,3-4,8,10-11H2,1H3,(H2,33,34,36)/t15-/m0/s1. The molecule has 0 bridgehead atoms. The molecular weight excluding hydrogens is 520 g/mol. The van der Waals surface area contributed by atoms with E-state index < -0.39 is 34.8 Å². The molecule has 204 valence electrons. The highest BCUT2D eigenvalue weighted by Crippen LogP contribution is 2.41. The van der Waals surface area contributed by atoms with Gasteiger partial charge in [-0.2, -0.15) is 18.3 Å². The summed E-state index contributed by atoms with van der Waals surface area (Å²) < 4.78 is 67.8. The average molecular weight is 545 g/mol. The molecule has 0 aliphatic carbocycles. The highest BCUT2D eigenvalue weighted by Gasteiger charge is 2.37. The Balaban J connectivity index is 1.32. The lowest BCUT2D eigenvalue weighted by molar-refractivity contribution is -0.138. The molecule has 0 spiro atoms. The average Bonchev–Trinajstić information content (AvgIpc) is 2.89. The highest BCUT2D eigenvalue weighted by atomic mass is 19.4. The number of alkyl halides is 3. The number of ether oxygens (including phenoxy) is 2. The fraction of sp³-hybridized carbons (Fsp3) is 0.296. The second-order valence-electron chi connectivity index (χ2n) is 9.24. The SMILES string of the molecule is C[C@@H](CCCn1ccc2cc(-c3cccc4c3OCCO4)c(F)cc2c1=O)Nc1cn[nH]c(=O)c1C(F)(F)F. The normalized spacial score (nSPS) is 13.9. The van der Waals surface area contributed by atoms with E-state index in [9.17, 15) is 22.8 Å². The van der Waals surface area contributed by atoms with Gasteiger partial charge in [-0.05, 0) is 49.4 Å². The topological polar surface area (TPSA) is 98.2 Å². The molecule has 39 heavy (non-hydrogen) atoms. The van der Waals surface area contributed by atoms with Crippen molar-refractivity contribution in [3.05, 3.63) is 80.9 Å². The number of nitrogens with zero attached hydrogens (tertiary/aromatic N) is 2. The van der Waals surface area contributed by atoms with Gasteiger partial charge in [0.25, 0.3) is 11.1 Å². The van der Waals surface area contributed by atoms with E-state index in [0.29, 0.717) is 48.5 Å². The number of aromatic amines is 1. The van der Waals surface area contributed by atoms with Crippen molar-refractivity contribution in [2.45, 2.75) is 38.5 Å². The number of anilines is 1. The Kier molecular flexibility index (Phi) is 7.02. The second-order valence-corrected chi connectivity index (χ2v) is 9.24. The molecule has 2 N–H and O–H groups in total.